The van der Waals surface area contributed by atoms with Crippen molar-refractivity contribution in [3.05, 3.63) is 77.2 Å². The molecule has 1 aliphatic heterocycles. The van der Waals surface area contributed by atoms with Crippen LogP contribution in [0, 0.1) is 5.82 Å². The fourth-order valence-electron chi connectivity index (χ4n) is 5.14. The van der Waals surface area contributed by atoms with Crippen LogP contribution >= 0.6 is 0 Å². The van der Waals surface area contributed by atoms with Gasteiger partial charge in [-0.15, -0.1) is 0 Å². The van der Waals surface area contributed by atoms with Gasteiger partial charge in [-0.3, -0.25) is 9.48 Å². The van der Waals surface area contributed by atoms with Crippen LogP contribution in [-0.2, 0) is 23.0 Å². The Morgan fingerprint density at radius 1 is 1.17 bits per heavy atom. The van der Waals surface area contributed by atoms with Crippen molar-refractivity contribution in [2.75, 3.05) is 13.7 Å². The van der Waals surface area contributed by atoms with Crippen molar-refractivity contribution < 1.29 is 28.1 Å². The van der Waals surface area contributed by atoms with Gasteiger partial charge in [-0.1, -0.05) is 6.07 Å². The summed E-state index contributed by atoms with van der Waals surface area (Å²) in [5.41, 5.74) is 3.31. The Morgan fingerprint density at radius 2 is 2.03 bits per heavy atom. The van der Waals surface area contributed by atoms with Crippen LogP contribution in [0.3, 0.4) is 0 Å². The van der Waals surface area contributed by atoms with Crippen LogP contribution < -0.4 is 14.2 Å². The number of aryl methyl sites for hydroxylation is 1. The second-order valence-electron chi connectivity index (χ2n) is 9.16. The SMILES string of the molecule is COC(=O)CC1COc2cc(O[C@@H]3CCc4c(Oc5ccc6c(cnn6C)c5)ccc(F)c43)ccc21. The third-order valence-corrected chi connectivity index (χ3v) is 6.97. The molecule has 6 rings (SSSR count). The molecular weight excluding hydrogens is 463 g/mol. The molecular formula is C28H25FN2O5. The Kier molecular flexibility index (Phi) is 5.51. The summed E-state index contributed by atoms with van der Waals surface area (Å²) < 4.78 is 39.8. The van der Waals surface area contributed by atoms with E-state index in [-0.39, 0.29) is 24.1 Å². The standard InChI is InChI=1S/C28H25FN2O5/c1-31-23-8-4-18(11-16(23)14-30-31)35-24-10-7-22(29)28-21(24)6-9-25(28)36-19-3-5-20-17(12-27(32)33-2)15-34-26(20)13-19/h3-5,7-8,10-11,13-14,17,25H,6,9,12,15H2,1-2H3/t17?,25-/m1/s1. The number of ether oxygens (including phenoxy) is 4. The summed E-state index contributed by atoms with van der Waals surface area (Å²) >= 11 is 0. The molecule has 0 radical (unpaired) electrons. The van der Waals surface area contributed by atoms with Crippen LogP contribution in [0.15, 0.2) is 54.7 Å². The molecule has 4 aromatic rings. The molecule has 2 atom stereocenters. The number of rotatable bonds is 6. The normalized spacial score (nSPS) is 18.0. The molecule has 1 unspecified atom stereocenters. The fraction of sp³-hybridized carbons (Fsp3) is 0.286. The van der Waals surface area contributed by atoms with Crippen molar-refractivity contribution in [1.82, 2.24) is 9.78 Å². The van der Waals surface area contributed by atoms with Gasteiger partial charge in [0.15, 0.2) is 0 Å². The molecule has 8 heteroatoms. The van der Waals surface area contributed by atoms with Gasteiger partial charge in [-0.25, -0.2) is 4.39 Å². The first-order valence-corrected chi connectivity index (χ1v) is 11.9. The summed E-state index contributed by atoms with van der Waals surface area (Å²) in [6, 6.07) is 14.4. The number of methoxy groups -OCH3 is 1. The number of aromatic nitrogens is 2. The molecule has 1 aliphatic carbocycles. The van der Waals surface area contributed by atoms with Gasteiger partial charge in [-0.2, -0.15) is 5.10 Å². The molecule has 0 N–H and O–H groups in total. The van der Waals surface area contributed by atoms with Crippen molar-refractivity contribution >= 4 is 16.9 Å². The number of hydrogen-bond acceptors (Lipinski definition) is 6. The third kappa shape index (κ3) is 3.92. The van der Waals surface area contributed by atoms with Crippen LogP contribution in [0.25, 0.3) is 10.9 Å². The Morgan fingerprint density at radius 3 is 2.89 bits per heavy atom. The highest BCUT2D eigenvalue weighted by molar-refractivity contribution is 5.80. The Bertz CT molecular complexity index is 1480. The predicted molar refractivity (Wildman–Crippen MR) is 130 cm³/mol. The number of hydrogen-bond donors (Lipinski definition) is 0. The molecule has 0 fully saturated rings. The number of fused-ring (bicyclic) bond motifs is 3. The largest absolute Gasteiger partial charge is 0.492 e. The second kappa shape index (κ2) is 8.86. The van der Waals surface area contributed by atoms with Gasteiger partial charge in [0.2, 0.25) is 0 Å². The zero-order valence-corrected chi connectivity index (χ0v) is 20.0. The predicted octanol–water partition coefficient (Wildman–Crippen LogP) is 5.61. The highest BCUT2D eigenvalue weighted by Crippen LogP contribution is 2.44. The Balaban J connectivity index is 1.22. The third-order valence-electron chi connectivity index (χ3n) is 6.97. The van der Waals surface area contributed by atoms with E-state index in [1.54, 1.807) is 16.9 Å². The zero-order chi connectivity index (χ0) is 24.8. The minimum atomic E-state index is -0.435. The van der Waals surface area contributed by atoms with E-state index in [9.17, 15) is 9.18 Å². The molecule has 0 amide bonds. The molecule has 0 saturated carbocycles. The van der Waals surface area contributed by atoms with E-state index >= 15 is 0 Å². The smallest absolute Gasteiger partial charge is 0.306 e. The summed E-state index contributed by atoms with van der Waals surface area (Å²) in [7, 11) is 3.27. The van der Waals surface area contributed by atoms with Crippen LogP contribution in [0.4, 0.5) is 4.39 Å². The average molecular weight is 489 g/mol. The van der Waals surface area contributed by atoms with Gasteiger partial charge < -0.3 is 18.9 Å². The lowest BCUT2D eigenvalue weighted by Crippen LogP contribution is -2.09. The first-order valence-electron chi connectivity index (χ1n) is 11.9. The van der Waals surface area contributed by atoms with E-state index in [1.165, 1.54) is 13.2 Å². The van der Waals surface area contributed by atoms with Crippen LogP contribution in [-0.4, -0.2) is 29.5 Å². The number of halogens is 1. The summed E-state index contributed by atoms with van der Waals surface area (Å²) in [5.74, 6) is 1.96. The van der Waals surface area contributed by atoms with Crippen molar-refractivity contribution in [3.63, 3.8) is 0 Å². The van der Waals surface area contributed by atoms with E-state index in [4.69, 9.17) is 18.9 Å². The molecule has 3 aromatic carbocycles. The van der Waals surface area contributed by atoms with E-state index < -0.39 is 6.10 Å². The van der Waals surface area contributed by atoms with Crippen LogP contribution in [0.1, 0.15) is 41.6 Å². The zero-order valence-electron chi connectivity index (χ0n) is 20.0. The topological polar surface area (TPSA) is 71.8 Å². The Labute approximate surface area is 207 Å². The van der Waals surface area contributed by atoms with E-state index in [1.807, 2.05) is 43.4 Å². The lowest BCUT2D eigenvalue weighted by atomic mass is 9.98. The van der Waals surface area contributed by atoms with Crippen LogP contribution in [0.5, 0.6) is 23.0 Å². The summed E-state index contributed by atoms with van der Waals surface area (Å²) in [6.07, 6.45) is 2.90. The van der Waals surface area contributed by atoms with Crippen molar-refractivity contribution in [2.45, 2.75) is 31.3 Å². The molecule has 2 aliphatic rings. The quantitative estimate of drug-likeness (QED) is 0.329. The van der Waals surface area contributed by atoms with Gasteiger partial charge in [-0.05, 0) is 49.2 Å². The first kappa shape index (κ1) is 22.4. The van der Waals surface area contributed by atoms with Gasteiger partial charge in [0.25, 0.3) is 0 Å². The summed E-state index contributed by atoms with van der Waals surface area (Å²) in [5, 5.41) is 5.25. The van der Waals surface area contributed by atoms with Crippen molar-refractivity contribution in [3.8, 4) is 23.0 Å². The summed E-state index contributed by atoms with van der Waals surface area (Å²) in [4.78, 5) is 11.7. The van der Waals surface area contributed by atoms with Gasteiger partial charge >= 0.3 is 5.97 Å². The molecule has 184 valence electrons. The van der Waals surface area contributed by atoms with Gasteiger partial charge in [0, 0.05) is 41.1 Å². The van der Waals surface area contributed by atoms with E-state index in [0.717, 1.165) is 22.0 Å². The first-order chi connectivity index (χ1) is 17.5. The van der Waals surface area contributed by atoms with Crippen molar-refractivity contribution in [1.29, 1.82) is 0 Å². The highest BCUT2D eigenvalue weighted by Gasteiger charge is 2.32. The maximum Gasteiger partial charge on any atom is 0.306 e. The number of nitrogens with zero attached hydrogens (tertiary/aromatic N) is 2. The lowest BCUT2D eigenvalue weighted by Gasteiger charge is -2.17. The average Bonchev–Trinajstić information content (AvgIpc) is 3.59. The monoisotopic (exact) mass is 488 g/mol. The van der Waals surface area contributed by atoms with Gasteiger partial charge in [0.1, 0.15) is 34.9 Å². The molecule has 36 heavy (non-hydrogen) atoms. The van der Waals surface area contributed by atoms with Crippen molar-refractivity contribution in [2.24, 2.45) is 7.05 Å². The molecule has 1 aromatic heterocycles. The maximum absolute atomic E-state index is 15.0. The fourth-order valence-corrected chi connectivity index (χ4v) is 5.14. The van der Waals surface area contributed by atoms with E-state index in [2.05, 4.69) is 5.10 Å². The second-order valence-corrected chi connectivity index (χ2v) is 9.16. The number of benzene rings is 3. The molecule has 0 bridgehead atoms. The van der Waals surface area contributed by atoms with E-state index in [0.29, 0.717) is 48.0 Å². The lowest BCUT2D eigenvalue weighted by molar-refractivity contribution is -0.141. The molecule has 2 heterocycles. The van der Waals surface area contributed by atoms with Gasteiger partial charge in [0.05, 0.1) is 31.9 Å². The number of esters is 1. The highest BCUT2D eigenvalue weighted by atomic mass is 19.1. The summed E-state index contributed by atoms with van der Waals surface area (Å²) in [6.45, 7) is 0.417. The minimum Gasteiger partial charge on any atom is -0.492 e. The molecule has 7 nitrogen and oxygen atoms in total. The minimum absolute atomic E-state index is 0.0447. The Hall–Kier alpha value is -4.07. The van der Waals surface area contributed by atoms with Crippen LogP contribution in [0.2, 0.25) is 0 Å². The maximum atomic E-state index is 15.0. The number of carbonyl (C=O) groups is 1. The molecule has 0 saturated heterocycles. The number of carbonyl (C=O) groups excluding carboxylic acids is 1. The molecule has 0 spiro atoms.